The average molecular weight is 441 g/mol. The van der Waals surface area contributed by atoms with Crippen LogP contribution in [-0.4, -0.2) is 53.4 Å². The summed E-state index contributed by atoms with van der Waals surface area (Å²) in [6, 6.07) is 7.94. The molecule has 31 heavy (non-hydrogen) atoms. The lowest BCUT2D eigenvalue weighted by atomic mass is 10.2. The second-order valence-corrected chi connectivity index (χ2v) is 7.12. The molecule has 11 nitrogen and oxygen atoms in total. The van der Waals surface area contributed by atoms with E-state index in [1.165, 1.54) is 18.4 Å². The molecule has 0 fully saturated rings. The van der Waals surface area contributed by atoms with Crippen LogP contribution in [0.2, 0.25) is 0 Å². The van der Waals surface area contributed by atoms with Crippen LogP contribution in [0.1, 0.15) is 10.6 Å². The van der Waals surface area contributed by atoms with Gasteiger partial charge in [-0.05, 0) is 24.3 Å². The fourth-order valence-corrected chi connectivity index (χ4v) is 3.29. The highest BCUT2D eigenvalue weighted by molar-refractivity contribution is 8.14. The van der Waals surface area contributed by atoms with Crippen LogP contribution in [-0.2, 0) is 9.59 Å². The lowest BCUT2D eigenvalue weighted by Gasteiger charge is -2.19. The third kappa shape index (κ3) is 4.80. The predicted octanol–water partition coefficient (Wildman–Crippen LogP) is 1.47. The number of thioether (sulfide) groups is 1. The van der Waals surface area contributed by atoms with Crippen LogP contribution < -0.4 is 20.1 Å². The first-order valence-corrected chi connectivity index (χ1v) is 9.96. The van der Waals surface area contributed by atoms with Gasteiger partial charge in [-0.1, -0.05) is 11.8 Å². The van der Waals surface area contributed by atoms with Crippen LogP contribution in [0, 0.1) is 5.41 Å². The summed E-state index contributed by atoms with van der Waals surface area (Å²) >= 11 is 0.930. The Morgan fingerprint density at radius 3 is 2.77 bits per heavy atom. The minimum atomic E-state index is -0.801. The van der Waals surface area contributed by atoms with E-state index in [9.17, 15) is 14.4 Å². The SMILES string of the molecule is N=C1N=C(SCC(=O)Nc2ccc3c(c2)OCCO3)NC(=O)C1=NC(=O)c1ccco1. The summed E-state index contributed by atoms with van der Waals surface area (Å²) < 4.78 is 15.8. The van der Waals surface area contributed by atoms with Gasteiger partial charge in [0.2, 0.25) is 5.91 Å². The molecule has 12 heteroatoms. The number of amidine groups is 2. The van der Waals surface area contributed by atoms with Gasteiger partial charge in [0.25, 0.3) is 5.91 Å². The van der Waals surface area contributed by atoms with E-state index in [1.54, 1.807) is 18.2 Å². The number of anilines is 1. The van der Waals surface area contributed by atoms with E-state index < -0.39 is 23.4 Å². The smallest absolute Gasteiger partial charge is 0.313 e. The number of amides is 3. The van der Waals surface area contributed by atoms with E-state index in [0.29, 0.717) is 30.4 Å². The molecular weight excluding hydrogens is 426 g/mol. The number of ether oxygens (including phenoxy) is 2. The summed E-state index contributed by atoms with van der Waals surface area (Å²) in [6.07, 6.45) is 1.29. The second kappa shape index (κ2) is 8.83. The number of carbonyl (C=O) groups is 3. The Kier molecular flexibility index (Phi) is 5.80. The van der Waals surface area contributed by atoms with Crippen molar-refractivity contribution < 1.29 is 28.3 Å². The number of benzene rings is 1. The van der Waals surface area contributed by atoms with Gasteiger partial charge in [-0.15, -0.1) is 0 Å². The number of carbonyl (C=O) groups excluding carboxylic acids is 3. The molecule has 3 amide bonds. The van der Waals surface area contributed by atoms with Gasteiger partial charge in [-0.3, -0.25) is 25.1 Å². The van der Waals surface area contributed by atoms with Gasteiger partial charge < -0.3 is 19.2 Å². The maximum atomic E-state index is 12.2. The lowest BCUT2D eigenvalue weighted by molar-refractivity contribution is -0.114. The summed E-state index contributed by atoms with van der Waals surface area (Å²) in [7, 11) is 0. The van der Waals surface area contributed by atoms with Gasteiger partial charge in [0.05, 0.1) is 12.0 Å². The molecule has 3 N–H and O–H groups in total. The summed E-state index contributed by atoms with van der Waals surface area (Å²) in [5.41, 5.74) is 0.0922. The van der Waals surface area contributed by atoms with Gasteiger partial charge >= 0.3 is 5.91 Å². The average Bonchev–Trinajstić information content (AvgIpc) is 3.30. The molecule has 2 aliphatic heterocycles. The highest BCUT2D eigenvalue weighted by Crippen LogP contribution is 2.32. The van der Waals surface area contributed by atoms with E-state index in [2.05, 4.69) is 20.6 Å². The Balaban J connectivity index is 1.35. The van der Waals surface area contributed by atoms with Crippen molar-refractivity contribution in [3.8, 4) is 11.5 Å². The van der Waals surface area contributed by atoms with Crippen molar-refractivity contribution in [1.29, 1.82) is 5.41 Å². The standard InChI is InChI=1S/C19H15N5O6S/c20-16-15(22-17(26)12-2-1-5-28-12)18(27)24-19(23-16)31-9-14(25)21-10-3-4-11-13(8-10)30-7-6-29-11/h1-5,8H,6-7,9H2,(H,21,25)(H2,20,23,24,27). The number of hydrogen-bond donors (Lipinski definition) is 3. The van der Waals surface area contributed by atoms with Gasteiger partial charge in [0.15, 0.2) is 34.0 Å². The Labute approximate surface area is 179 Å². The van der Waals surface area contributed by atoms with Crippen molar-refractivity contribution >= 4 is 51.9 Å². The molecule has 0 aliphatic carbocycles. The number of rotatable bonds is 4. The molecule has 0 spiro atoms. The highest BCUT2D eigenvalue weighted by atomic mass is 32.2. The molecule has 2 aromatic rings. The molecule has 0 bridgehead atoms. The molecule has 0 radical (unpaired) electrons. The Hall–Kier alpha value is -3.93. The zero-order chi connectivity index (χ0) is 21.8. The summed E-state index contributed by atoms with van der Waals surface area (Å²) in [5, 5.41) is 13.1. The van der Waals surface area contributed by atoms with E-state index in [1.807, 2.05) is 0 Å². The highest BCUT2D eigenvalue weighted by Gasteiger charge is 2.26. The van der Waals surface area contributed by atoms with Crippen molar-refractivity contribution in [3.63, 3.8) is 0 Å². The molecule has 1 aromatic heterocycles. The first-order valence-electron chi connectivity index (χ1n) is 8.97. The van der Waals surface area contributed by atoms with Crippen LogP contribution in [0.25, 0.3) is 0 Å². The van der Waals surface area contributed by atoms with Gasteiger partial charge in [0, 0.05) is 11.8 Å². The zero-order valence-electron chi connectivity index (χ0n) is 15.8. The number of fused-ring (bicyclic) bond motifs is 1. The normalized spacial score (nSPS) is 16.5. The topological polar surface area (TPSA) is 155 Å². The molecule has 3 heterocycles. The molecule has 4 rings (SSSR count). The molecular formula is C19H15N5O6S. The van der Waals surface area contributed by atoms with Crippen LogP contribution in [0.15, 0.2) is 51.0 Å². The van der Waals surface area contributed by atoms with Gasteiger partial charge in [-0.2, -0.15) is 4.99 Å². The van der Waals surface area contributed by atoms with E-state index in [4.69, 9.17) is 19.3 Å². The van der Waals surface area contributed by atoms with Gasteiger partial charge in [0.1, 0.15) is 13.2 Å². The molecule has 0 saturated heterocycles. The van der Waals surface area contributed by atoms with Crippen molar-refractivity contribution in [2.45, 2.75) is 0 Å². The van der Waals surface area contributed by atoms with Crippen LogP contribution in [0.5, 0.6) is 11.5 Å². The molecule has 2 aliphatic rings. The van der Waals surface area contributed by atoms with Crippen LogP contribution >= 0.6 is 11.8 Å². The number of nitrogens with zero attached hydrogens (tertiary/aromatic N) is 2. The minimum absolute atomic E-state index is 0.0525. The minimum Gasteiger partial charge on any atom is -0.486 e. The monoisotopic (exact) mass is 441 g/mol. The van der Waals surface area contributed by atoms with E-state index >= 15 is 0 Å². The third-order valence-corrected chi connectivity index (χ3v) is 4.86. The lowest BCUT2D eigenvalue weighted by Crippen LogP contribution is -2.43. The van der Waals surface area contributed by atoms with Gasteiger partial charge in [-0.25, -0.2) is 4.99 Å². The zero-order valence-corrected chi connectivity index (χ0v) is 16.7. The Bertz CT molecular complexity index is 1120. The second-order valence-electron chi connectivity index (χ2n) is 6.16. The quantitative estimate of drug-likeness (QED) is 0.649. The fraction of sp³-hybridized carbons (Fsp3) is 0.158. The van der Waals surface area contributed by atoms with Crippen LogP contribution in [0.3, 0.4) is 0 Å². The van der Waals surface area contributed by atoms with Crippen molar-refractivity contribution in [1.82, 2.24) is 5.32 Å². The van der Waals surface area contributed by atoms with Crippen molar-refractivity contribution in [2.24, 2.45) is 9.98 Å². The largest absolute Gasteiger partial charge is 0.486 e. The molecule has 0 unspecified atom stereocenters. The first kappa shape index (κ1) is 20.3. The number of nitrogens with one attached hydrogen (secondary N) is 3. The fourth-order valence-electron chi connectivity index (χ4n) is 2.63. The first-order chi connectivity index (χ1) is 15.0. The summed E-state index contributed by atoms with van der Waals surface area (Å²) in [6.45, 7) is 0.908. The number of furan rings is 1. The predicted molar refractivity (Wildman–Crippen MR) is 112 cm³/mol. The molecule has 158 valence electrons. The maximum Gasteiger partial charge on any atom is 0.313 e. The molecule has 1 aromatic carbocycles. The number of hydrogen-bond acceptors (Lipinski definition) is 8. The Morgan fingerprint density at radius 2 is 2.03 bits per heavy atom. The van der Waals surface area contributed by atoms with Crippen molar-refractivity contribution in [2.75, 3.05) is 24.3 Å². The Morgan fingerprint density at radius 1 is 1.23 bits per heavy atom. The maximum absolute atomic E-state index is 12.2. The van der Waals surface area contributed by atoms with E-state index in [0.717, 1.165) is 11.8 Å². The van der Waals surface area contributed by atoms with Crippen LogP contribution in [0.4, 0.5) is 5.69 Å². The third-order valence-electron chi connectivity index (χ3n) is 3.98. The molecule has 0 saturated carbocycles. The summed E-state index contributed by atoms with van der Waals surface area (Å²) in [5.74, 6) is -1.38. The summed E-state index contributed by atoms with van der Waals surface area (Å²) in [4.78, 5) is 43.9. The number of aliphatic imine (C=N–C) groups is 2. The van der Waals surface area contributed by atoms with E-state index in [-0.39, 0.29) is 22.6 Å². The molecule has 0 atom stereocenters. The van der Waals surface area contributed by atoms with Crippen molar-refractivity contribution in [3.05, 3.63) is 42.4 Å².